The Morgan fingerprint density at radius 1 is 1.50 bits per heavy atom. The first-order chi connectivity index (χ1) is 9.21. The number of carbonyl (C=O) groups excluding carboxylic acids is 1. The monoisotopic (exact) mass is 279 g/mol. The number of hydrogen-bond acceptors (Lipinski definition) is 4. The van der Waals surface area contributed by atoms with Crippen LogP contribution in [-0.4, -0.2) is 44.6 Å². The van der Waals surface area contributed by atoms with E-state index in [0.717, 1.165) is 0 Å². The van der Waals surface area contributed by atoms with Gasteiger partial charge in [-0.15, -0.1) is 0 Å². The Bertz CT molecular complexity index is 590. The Labute approximate surface area is 117 Å². The highest BCUT2D eigenvalue weighted by Gasteiger charge is 2.35. The van der Waals surface area contributed by atoms with Crippen LogP contribution in [0, 0.1) is 6.92 Å². The largest absolute Gasteiger partial charge is 0.388 e. The van der Waals surface area contributed by atoms with Crippen LogP contribution >= 0.6 is 0 Å². The highest BCUT2D eigenvalue weighted by atomic mass is 16.3. The summed E-state index contributed by atoms with van der Waals surface area (Å²) in [6.45, 7) is 7.92. The smallest absolute Gasteiger partial charge is 0.264 e. The Morgan fingerprint density at radius 3 is 2.60 bits per heavy atom. The van der Waals surface area contributed by atoms with Crippen LogP contribution in [0.1, 0.15) is 55.0 Å². The van der Waals surface area contributed by atoms with Crippen molar-refractivity contribution in [2.45, 2.75) is 45.6 Å². The van der Waals surface area contributed by atoms with Crippen molar-refractivity contribution in [3.63, 3.8) is 0 Å². The van der Waals surface area contributed by atoms with E-state index in [1.807, 2.05) is 13.8 Å². The fraction of sp³-hybridized carbons (Fsp3) is 0.643. The van der Waals surface area contributed by atoms with Crippen LogP contribution in [0.25, 0.3) is 0 Å². The molecule has 2 rings (SSSR count). The third-order valence-corrected chi connectivity index (χ3v) is 3.62. The van der Waals surface area contributed by atoms with E-state index in [0.29, 0.717) is 24.5 Å². The lowest BCUT2D eigenvalue weighted by atomic mass is 10.1. The Kier molecular flexibility index (Phi) is 3.69. The van der Waals surface area contributed by atoms with Crippen molar-refractivity contribution in [2.75, 3.05) is 13.1 Å². The fourth-order valence-corrected chi connectivity index (χ4v) is 2.41. The van der Waals surface area contributed by atoms with Gasteiger partial charge in [0.05, 0.1) is 11.3 Å². The number of aromatic amines is 1. The second-order valence-electron chi connectivity index (χ2n) is 6.04. The number of nitrogens with zero attached hydrogens (tertiary/aromatic N) is 2. The molecule has 1 aromatic rings. The standard InChI is InChI=1S/C14H21N3O3/c1-8(2)11-15-9(3)10(12(18)16-11)13(19)17-6-5-14(4,20)7-17/h8,20H,5-7H2,1-4H3,(H,15,16,18). The molecule has 20 heavy (non-hydrogen) atoms. The molecule has 6 nitrogen and oxygen atoms in total. The van der Waals surface area contributed by atoms with E-state index in [1.165, 1.54) is 4.90 Å². The maximum atomic E-state index is 12.4. The summed E-state index contributed by atoms with van der Waals surface area (Å²) in [6, 6.07) is 0. The minimum absolute atomic E-state index is 0.0760. The van der Waals surface area contributed by atoms with E-state index < -0.39 is 11.2 Å². The van der Waals surface area contributed by atoms with Gasteiger partial charge in [-0.2, -0.15) is 0 Å². The Morgan fingerprint density at radius 2 is 2.15 bits per heavy atom. The van der Waals surface area contributed by atoms with Crippen LogP contribution in [0.2, 0.25) is 0 Å². The lowest BCUT2D eigenvalue weighted by Gasteiger charge is -2.19. The van der Waals surface area contributed by atoms with Gasteiger partial charge in [0.25, 0.3) is 11.5 Å². The number of amides is 1. The van der Waals surface area contributed by atoms with Crippen LogP contribution in [-0.2, 0) is 0 Å². The number of carbonyl (C=O) groups is 1. The van der Waals surface area contributed by atoms with Crippen molar-refractivity contribution in [3.05, 3.63) is 27.4 Å². The quantitative estimate of drug-likeness (QED) is 0.838. The molecule has 0 spiro atoms. The van der Waals surface area contributed by atoms with Gasteiger partial charge >= 0.3 is 0 Å². The van der Waals surface area contributed by atoms with Crippen LogP contribution < -0.4 is 5.56 Å². The van der Waals surface area contributed by atoms with Crippen LogP contribution in [0.15, 0.2) is 4.79 Å². The molecule has 1 amide bonds. The van der Waals surface area contributed by atoms with Crippen LogP contribution in [0.5, 0.6) is 0 Å². The molecule has 110 valence electrons. The van der Waals surface area contributed by atoms with Gasteiger partial charge in [-0.1, -0.05) is 13.8 Å². The normalized spacial score (nSPS) is 22.6. The molecule has 1 aliphatic rings. The Hall–Kier alpha value is -1.69. The molecule has 1 unspecified atom stereocenters. The number of aromatic nitrogens is 2. The van der Waals surface area contributed by atoms with Gasteiger partial charge in [0.2, 0.25) is 0 Å². The first-order valence-electron chi connectivity index (χ1n) is 6.84. The highest BCUT2D eigenvalue weighted by Crippen LogP contribution is 2.22. The van der Waals surface area contributed by atoms with Crippen molar-refractivity contribution < 1.29 is 9.90 Å². The second-order valence-corrected chi connectivity index (χ2v) is 6.04. The molecule has 0 aromatic carbocycles. The third kappa shape index (κ3) is 2.75. The summed E-state index contributed by atoms with van der Waals surface area (Å²) in [4.78, 5) is 33.0. The lowest BCUT2D eigenvalue weighted by molar-refractivity contribution is 0.0570. The number of nitrogens with one attached hydrogen (secondary N) is 1. The van der Waals surface area contributed by atoms with E-state index in [2.05, 4.69) is 9.97 Å². The molecule has 0 aliphatic carbocycles. The van der Waals surface area contributed by atoms with E-state index in [9.17, 15) is 14.7 Å². The van der Waals surface area contributed by atoms with E-state index >= 15 is 0 Å². The van der Waals surface area contributed by atoms with Gasteiger partial charge in [-0.05, 0) is 20.3 Å². The molecule has 1 fully saturated rings. The molecule has 0 saturated carbocycles. The SMILES string of the molecule is Cc1nc(C(C)C)[nH]c(=O)c1C(=O)N1CCC(C)(O)C1. The fourth-order valence-electron chi connectivity index (χ4n) is 2.41. The first-order valence-corrected chi connectivity index (χ1v) is 6.84. The minimum Gasteiger partial charge on any atom is -0.388 e. The summed E-state index contributed by atoms with van der Waals surface area (Å²) in [6.07, 6.45) is 0.521. The predicted octanol–water partition coefficient (Wildman–Crippen LogP) is 0.799. The topological polar surface area (TPSA) is 86.3 Å². The molecule has 6 heteroatoms. The van der Waals surface area contributed by atoms with Crippen LogP contribution in [0.4, 0.5) is 0 Å². The molecule has 1 aliphatic heterocycles. The zero-order chi connectivity index (χ0) is 15.1. The summed E-state index contributed by atoms with van der Waals surface area (Å²) in [5, 5.41) is 9.92. The maximum Gasteiger partial charge on any atom is 0.264 e. The predicted molar refractivity (Wildman–Crippen MR) is 74.8 cm³/mol. The summed E-state index contributed by atoms with van der Waals surface area (Å²) < 4.78 is 0. The molecule has 1 saturated heterocycles. The van der Waals surface area contributed by atoms with E-state index in [4.69, 9.17) is 0 Å². The van der Waals surface area contributed by atoms with Crippen molar-refractivity contribution >= 4 is 5.91 Å². The number of H-pyrrole nitrogens is 1. The molecule has 0 radical (unpaired) electrons. The molecule has 2 N–H and O–H groups in total. The van der Waals surface area contributed by atoms with Gasteiger partial charge in [-0.25, -0.2) is 4.98 Å². The van der Waals surface area contributed by atoms with Gasteiger partial charge in [0, 0.05) is 19.0 Å². The van der Waals surface area contributed by atoms with Gasteiger partial charge < -0.3 is 15.0 Å². The lowest BCUT2D eigenvalue weighted by Crippen LogP contribution is -2.37. The molecule has 1 atom stereocenters. The molecule has 1 aromatic heterocycles. The number of β-amino-alcohol motifs (C(OH)–C–C–N with tert-alkyl or cyclic N) is 1. The minimum atomic E-state index is -0.873. The summed E-state index contributed by atoms with van der Waals surface area (Å²) in [5.74, 6) is 0.319. The zero-order valence-electron chi connectivity index (χ0n) is 12.4. The molecule has 2 heterocycles. The summed E-state index contributed by atoms with van der Waals surface area (Å²) in [7, 11) is 0. The maximum absolute atomic E-state index is 12.4. The van der Waals surface area contributed by atoms with Gasteiger partial charge in [0.15, 0.2) is 0 Å². The number of hydrogen-bond donors (Lipinski definition) is 2. The summed E-state index contributed by atoms with van der Waals surface area (Å²) in [5.41, 5.74) is -0.763. The molecule has 0 bridgehead atoms. The average Bonchev–Trinajstić information content (AvgIpc) is 2.68. The zero-order valence-corrected chi connectivity index (χ0v) is 12.4. The Balaban J connectivity index is 2.34. The number of aliphatic hydroxyl groups is 1. The number of rotatable bonds is 2. The van der Waals surface area contributed by atoms with Gasteiger partial charge in [-0.3, -0.25) is 9.59 Å². The number of likely N-dealkylation sites (tertiary alicyclic amines) is 1. The number of aryl methyl sites for hydroxylation is 1. The van der Waals surface area contributed by atoms with Crippen molar-refractivity contribution in [2.24, 2.45) is 0 Å². The van der Waals surface area contributed by atoms with Crippen molar-refractivity contribution in [1.82, 2.24) is 14.9 Å². The van der Waals surface area contributed by atoms with E-state index in [-0.39, 0.29) is 23.9 Å². The average molecular weight is 279 g/mol. The third-order valence-electron chi connectivity index (χ3n) is 3.62. The molecular formula is C14H21N3O3. The summed E-state index contributed by atoms with van der Waals surface area (Å²) >= 11 is 0. The first kappa shape index (κ1) is 14.7. The van der Waals surface area contributed by atoms with Gasteiger partial charge in [0.1, 0.15) is 11.4 Å². The second kappa shape index (κ2) is 5.01. The van der Waals surface area contributed by atoms with Crippen molar-refractivity contribution in [3.8, 4) is 0 Å². The van der Waals surface area contributed by atoms with E-state index in [1.54, 1.807) is 13.8 Å². The van der Waals surface area contributed by atoms with Crippen molar-refractivity contribution in [1.29, 1.82) is 0 Å². The molecular weight excluding hydrogens is 258 g/mol. The van der Waals surface area contributed by atoms with Crippen LogP contribution in [0.3, 0.4) is 0 Å². The highest BCUT2D eigenvalue weighted by molar-refractivity contribution is 5.95.